The van der Waals surface area contributed by atoms with Gasteiger partial charge in [-0.25, -0.2) is 0 Å². The average molecular weight is 374 g/mol. The molecule has 6 nitrogen and oxygen atoms in total. The van der Waals surface area contributed by atoms with Gasteiger partial charge >= 0.3 is 0 Å². The lowest BCUT2D eigenvalue weighted by atomic mass is 9.97. The fourth-order valence-electron chi connectivity index (χ4n) is 2.85. The van der Waals surface area contributed by atoms with Crippen LogP contribution in [-0.4, -0.2) is 25.9 Å². The van der Waals surface area contributed by atoms with E-state index in [0.717, 1.165) is 33.4 Å². The quantitative estimate of drug-likeness (QED) is 0.392. The van der Waals surface area contributed by atoms with Gasteiger partial charge in [0.2, 0.25) is 0 Å². The Morgan fingerprint density at radius 1 is 0.607 bits per heavy atom. The molecule has 0 aliphatic carbocycles. The average Bonchev–Trinajstić information content (AvgIpc) is 2.74. The third-order valence-corrected chi connectivity index (χ3v) is 4.27. The second-order valence-corrected chi connectivity index (χ2v) is 6.05. The van der Waals surface area contributed by atoms with Gasteiger partial charge in [-0.05, 0) is 28.3 Å². The van der Waals surface area contributed by atoms with E-state index < -0.39 is 0 Å². The lowest BCUT2D eigenvalue weighted by Gasteiger charge is -2.08. The predicted octanol–water partition coefficient (Wildman–Crippen LogP) is 3.55. The second-order valence-electron chi connectivity index (χ2n) is 6.05. The van der Waals surface area contributed by atoms with E-state index in [9.17, 15) is 0 Å². The van der Waals surface area contributed by atoms with Gasteiger partial charge in [0.1, 0.15) is 14.2 Å². The van der Waals surface area contributed by atoms with E-state index in [1.54, 1.807) is 0 Å². The minimum atomic E-state index is 0.346. The van der Waals surface area contributed by atoms with Crippen molar-refractivity contribution in [2.75, 3.05) is 14.2 Å². The van der Waals surface area contributed by atoms with Crippen molar-refractivity contribution >= 4 is 11.7 Å². The summed E-state index contributed by atoms with van der Waals surface area (Å²) in [5.74, 6) is 0.693. The highest BCUT2D eigenvalue weighted by molar-refractivity contribution is 5.98. The van der Waals surface area contributed by atoms with E-state index in [1.807, 2.05) is 54.6 Å². The molecule has 0 bridgehead atoms. The molecule has 0 atom stereocenters. The maximum atomic E-state index is 5.85. The summed E-state index contributed by atoms with van der Waals surface area (Å²) < 4.78 is 0. The molecule has 0 saturated heterocycles. The summed E-state index contributed by atoms with van der Waals surface area (Å²) in [6.45, 7) is 0. The first-order valence-corrected chi connectivity index (χ1v) is 8.67. The molecule has 142 valence electrons. The maximum absolute atomic E-state index is 5.85. The number of oxime groups is 2. The molecule has 0 saturated carbocycles. The zero-order chi connectivity index (χ0) is 19.9. The molecule has 0 fully saturated rings. The van der Waals surface area contributed by atoms with Crippen LogP contribution in [0.25, 0.3) is 22.3 Å². The van der Waals surface area contributed by atoms with Crippen molar-refractivity contribution in [1.29, 1.82) is 0 Å². The molecular weight excluding hydrogens is 352 g/mol. The van der Waals surface area contributed by atoms with Crippen molar-refractivity contribution in [3.8, 4) is 22.3 Å². The van der Waals surface area contributed by atoms with Gasteiger partial charge in [-0.2, -0.15) is 0 Å². The van der Waals surface area contributed by atoms with Crippen LogP contribution in [0.15, 0.2) is 83.1 Å². The number of benzene rings is 3. The first-order chi connectivity index (χ1) is 13.6. The van der Waals surface area contributed by atoms with Gasteiger partial charge in [0.05, 0.1) is 0 Å². The van der Waals surface area contributed by atoms with Crippen LogP contribution in [0.4, 0.5) is 0 Å². The summed E-state index contributed by atoms with van der Waals surface area (Å²) >= 11 is 0. The van der Waals surface area contributed by atoms with Crippen LogP contribution in [-0.2, 0) is 9.68 Å². The summed E-state index contributed by atoms with van der Waals surface area (Å²) in [7, 11) is 2.94. The highest BCUT2D eigenvalue weighted by atomic mass is 16.6. The van der Waals surface area contributed by atoms with Crippen LogP contribution in [0.5, 0.6) is 0 Å². The van der Waals surface area contributed by atoms with Crippen molar-refractivity contribution in [3.05, 3.63) is 83.9 Å². The molecule has 0 radical (unpaired) electrons. The Kier molecular flexibility index (Phi) is 5.91. The molecule has 0 unspecified atom stereocenters. The van der Waals surface area contributed by atoms with Crippen LogP contribution < -0.4 is 11.5 Å². The standard InChI is InChI=1S/C22H22N4O2/c1-27-25-21(23)17-10-6-15(7-11-17)19-4-3-5-20(14-19)16-8-12-18(13-9-16)22(24)26-28-2/h3-14H,1-2H3,(H2,23,25)(H2,24,26). The first kappa shape index (κ1) is 19.0. The molecule has 3 aromatic carbocycles. The second kappa shape index (κ2) is 8.73. The Bertz CT molecular complexity index is 915. The van der Waals surface area contributed by atoms with Crippen molar-refractivity contribution < 1.29 is 9.68 Å². The minimum absolute atomic E-state index is 0.346. The normalized spacial score (nSPS) is 11.9. The Morgan fingerprint density at radius 3 is 1.36 bits per heavy atom. The molecule has 0 aliphatic rings. The van der Waals surface area contributed by atoms with Crippen LogP contribution >= 0.6 is 0 Å². The Labute approximate surface area is 164 Å². The third kappa shape index (κ3) is 4.29. The topological polar surface area (TPSA) is 95.2 Å². The minimum Gasteiger partial charge on any atom is -0.397 e. The van der Waals surface area contributed by atoms with Gasteiger partial charge in [0.25, 0.3) is 0 Å². The molecule has 3 aromatic rings. The van der Waals surface area contributed by atoms with E-state index >= 15 is 0 Å². The zero-order valence-electron chi connectivity index (χ0n) is 15.8. The molecule has 0 spiro atoms. The van der Waals surface area contributed by atoms with Gasteiger partial charge in [-0.3, -0.25) is 0 Å². The van der Waals surface area contributed by atoms with Gasteiger partial charge in [-0.15, -0.1) is 0 Å². The molecule has 6 heteroatoms. The summed E-state index contributed by atoms with van der Waals surface area (Å²) in [4.78, 5) is 9.43. The summed E-state index contributed by atoms with van der Waals surface area (Å²) in [5.41, 5.74) is 17.7. The van der Waals surface area contributed by atoms with Gasteiger partial charge in [0.15, 0.2) is 11.7 Å². The van der Waals surface area contributed by atoms with Crippen molar-refractivity contribution in [3.63, 3.8) is 0 Å². The number of amidine groups is 2. The Hall–Kier alpha value is -3.80. The van der Waals surface area contributed by atoms with Crippen LogP contribution in [0, 0.1) is 0 Å². The molecule has 28 heavy (non-hydrogen) atoms. The SMILES string of the molecule is CO/N=C(/N)c1ccc(-c2cccc(-c3ccc(/C(N)=N\OC)cc3)c2)cc1. The fourth-order valence-corrected chi connectivity index (χ4v) is 2.85. The highest BCUT2D eigenvalue weighted by Gasteiger charge is 2.05. The lowest BCUT2D eigenvalue weighted by molar-refractivity contribution is 0.213. The predicted molar refractivity (Wildman–Crippen MR) is 113 cm³/mol. The van der Waals surface area contributed by atoms with Gasteiger partial charge < -0.3 is 21.1 Å². The van der Waals surface area contributed by atoms with Gasteiger partial charge in [-0.1, -0.05) is 77.0 Å². The zero-order valence-corrected chi connectivity index (χ0v) is 15.8. The van der Waals surface area contributed by atoms with E-state index in [4.69, 9.17) is 21.1 Å². The largest absolute Gasteiger partial charge is 0.397 e. The Morgan fingerprint density at radius 2 is 1.00 bits per heavy atom. The van der Waals surface area contributed by atoms with Crippen molar-refractivity contribution in [2.45, 2.75) is 0 Å². The summed E-state index contributed by atoms with van der Waals surface area (Å²) in [5, 5.41) is 7.50. The van der Waals surface area contributed by atoms with E-state index in [0.29, 0.717) is 11.7 Å². The van der Waals surface area contributed by atoms with Crippen LogP contribution in [0.1, 0.15) is 11.1 Å². The summed E-state index contributed by atoms with van der Waals surface area (Å²) in [6, 6.07) is 24.1. The van der Waals surface area contributed by atoms with Crippen molar-refractivity contribution in [2.24, 2.45) is 21.8 Å². The molecule has 0 aliphatic heterocycles. The van der Waals surface area contributed by atoms with E-state index in [-0.39, 0.29) is 0 Å². The van der Waals surface area contributed by atoms with Crippen LogP contribution in [0.2, 0.25) is 0 Å². The van der Waals surface area contributed by atoms with E-state index in [2.05, 4.69) is 28.5 Å². The molecule has 0 heterocycles. The smallest absolute Gasteiger partial charge is 0.170 e. The monoisotopic (exact) mass is 374 g/mol. The molecule has 0 aromatic heterocycles. The number of hydrogen-bond donors (Lipinski definition) is 2. The maximum Gasteiger partial charge on any atom is 0.170 e. The number of rotatable bonds is 6. The number of nitrogens with two attached hydrogens (primary N) is 2. The lowest BCUT2D eigenvalue weighted by Crippen LogP contribution is -2.13. The molecule has 4 N–H and O–H groups in total. The Balaban J connectivity index is 1.86. The summed E-state index contributed by atoms with van der Waals surface area (Å²) in [6.07, 6.45) is 0. The molecule has 3 rings (SSSR count). The molecular formula is C22H22N4O2. The third-order valence-electron chi connectivity index (χ3n) is 4.27. The van der Waals surface area contributed by atoms with Gasteiger partial charge in [0, 0.05) is 11.1 Å². The number of hydrogen-bond acceptors (Lipinski definition) is 4. The van der Waals surface area contributed by atoms with Crippen LogP contribution in [0.3, 0.4) is 0 Å². The fraction of sp³-hybridized carbons (Fsp3) is 0.0909. The molecule has 0 amide bonds. The number of nitrogens with zero attached hydrogens (tertiary/aromatic N) is 2. The van der Waals surface area contributed by atoms with E-state index in [1.165, 1.54) is 14.2 Å². The first-order valence-electron chi connectivity index (χ1n) is 8.67. The highest BCUT2D eigenvalue weighted by Crippen LogP contribution is 2.27. The van der Waals surface area contributed by atoms with Crippen molar-refractivity contribution in [1.82, 2.24) is 0 Å².